The maximum Gasteiger partial charge on any atom is 0.326 e. The average molecular weight is 328 g/mol. The summed E-state index contributed by atoms with van der Waals surface area (Å²) in [5, 5.41) is 4.59. The van der Waals surface area contributed by atoms with Gasteiger partial charge in [0, 0.05) is 15.2 Å². The normalized spacial score (nSPS) is 25.0. The molecule has 5 heteroatoms. The second-order valence-corrected chi connectivity index (χ2v) is 7.25. The number of ether oxygens (including phenoxy) is 1. The smallest absolute Gasteiger partial charge is 0.326 e. The third-order valence-electron chi connectivity index (χ3n) is 3.88. The molecule has 0 spiro atoms. The summed E-state index contributed by atoms with van der Waals surface area (Å²) in [5.74, 6) is -0.129. The number of nitrogens with one attached hydrogen (secondary N) is 1. The Morgan fingerprint density at radius 1 is 1.48 bits per heavy atom. The number of halogens is 1. The van der Waals surface area contributed by atoms with E-state index in [9.17, 15) is 4.79 Å². The minimum atomic E-state index is -0.505. The quantitative estimate of drug-likeness (QED) is 0.804. The zero-order valence-corrected chi connectivity index (χ0v) is 14.1. The van der Waals surface area contributed by atoms with E-state index in [1.807, 2.05) is 36.0 Å². The topological polar surface area (TPSA) is 38.3 Å². The fraction of sp³-hybridized carbons (Fsp3) is 0.562. The van der Waals surface area contributed by atoms with Crippen LogP contribution in [-0.2, 0) is 9.53 Å². The molecule has 0 saturated heterocycles. The molecule has 3 nitrogen and oxygen atoms in total. The van der Waals surface area contributed by atoms with Gasteiger partial charge in [-0.05, 0) is 56.5 Å². The van der Waals surface area contributed by atoms with Gasteiger partial charge in [0.25, 0.3) is 0 Å². The number of benzene rings is 1. The van der Waals surface area contributed by atoms with Crippen LogP contribution in [-0.4, -0.2) is 30.4 Å². The third-order valence-corrected chi connectivity index (χ3v) is 5.41. The molecule has 2 rings (SSSR count). The predicted octanol–water partition coefficient (Wildman–Crippen LogP) is 3.90. The van der Waals surface area contributed by atoms with Gasteiger partial charge in [0.2, 0.25) is 0 Å². The van der Waals surface area contributed by atoms with Crippen LogP contribution in [0.1, 0.15) is 32.6 Å². The highest BCUT2D eigenvalue weighted by atomic mass is 35.5. The molecule has 1 aliphatic carbocycles. The number of hydrogen-bond donors (Lipinski definition) is 1. The Kier molecular flexibility index (Phi) is 5.97. The van der Waals surface area contributed by atoms with Crippen molar-refractivity contribution in [2.45, 2.75) is 48.3 Å². The second kappa shape index (κ2) is 7.52. The van der Waals surface area contributed by atoms with Crippen LogP contribution in [0.4, 0.5) is 0 Å². The van der Waals surface area contributed by atoms with E-state index in [0.29, 0.717) is 5.25 Å². The highest BCUT2D eigenvalue weighted by Crippen LogP contribution is 2.41. The Morgan fingerprint density at radius 3 is 2.81 bits per heavy atom. The van der Waals surface area contributed by atoms with Crippen molar-refractivity contribution >= 4 is 29.3 Å². The van der Waals surface area contributed by atoms with Gasteiger partial charge in [0.1, 0.15) is 5.54 Å². The summed E-state index contributed by atoms with van der Waals surface area (Å²) < 4.78 is 5.02. The third kappa shape index (κ3) is 4.15. The van der Waals surface area contributed by atoms with Crippen molar-refractivity contribution in [2.24, 2.45) is 0 Å². The summed E-state index contributed by atoms with van der Waals surface area (Å²) in [5.41, 5.74) is -0.505. The number of rotatable bonds is 6. The van der Waals surface area contributed by atoms with Gasteiger partial charge >= 0.3 is 5.97 Å². The molecule has 0 radical (unpaired) electrons. The summed E-state index contributed by atoms with van der Waals surface area (Å²) in [4.78, 5) is 13.4. The molecule has 1 aromatic carbocycles. The molecule has 0 amide bonds. The summed E-state index contributed by atoms with van der Waals surface area (Å²) in [7, 11) is 1.47. The maximum absolute atomic E-state index is 12.2. The molecule has 1 N–H and O–H groups in total. The predicted molar refractivity (Wildman–Crippen MR) is 88.0 cm³/mol. The molecule has 0 bridgehead atoms. The van der Waals surface area contributed by atoms with E-state index in [0.717, 1.165) is 37.3 Å². The van der Waals surface area contributed by atoms with Gasteiger partial charge in [-0.25, -0.2) is 0 Å². The molecule has 0 heterocycles. The summed E-state index contributed by atoms with van der Waals surface area (Å²) in [6.45, 7) is 2.94. The van der Waals surface area contributed by atoms with E-state index in [1.54, 1.807) is 0 Å². The first kappa shape index (κ1) is 16.7. The zero-order chi connectivity index (χ0) is 15.3. The van der Waals surface area contributed by atoms with Gasteiger partial charge in [-0.15, -0.1) is 11.8 Å². The molecule has 21 heavy (non-hydrogen) atoms. The molecule has 1 aliphatic rings. The first-order chi connectivity index (χ1) is 10.1. The van der Waals surface area contributed by atoms with Gasteiger partial charge < -0.3 is 10.1 Å². The van der Waals surface area contributed by atoms with Crippen LogP contribution < -0.4 is 5.32 Å². The van der Waals surface area contributed by atoms with Crippen LogP contribution in [0.15, 0.2) is 29.2 Å². The first-order valence-electron chi connectivity index (χ1n) is 7.35. The van der Waals surface area contributed by atoms with Crippen molar-refractivity contribution in [3.05, 3.63) is 29.3 Å². The average Bonchev–Trinajstić information content (AvgIpc) is 2.91. The van der Waals surface area contributed by atoms with Gasteiger partial charge in [0.05, 0.1) is 7.11 Å². The molecular weight excluding hydrogens is 306 g/mol. The Hall–Kier alpha value is -0.710. The fourth-order valence-corrected chi connectivity index (χ4v) is 4.19. The first-order valence-corrected chi connectivity index (χ1v) is 8.61. The monoisotopic (exact) mass is 327 g/mol. The highest BCUT2D eigenvalue weighted by Gasteiger charge is 2.46. The minimum absolute atomic E-state index is 0.129. The van der Waals surface area contributed by atoms with Crippen LogP contribution in [0.25, 0.3) is 0 Å². The molecule has 0 aliphatic heterocycles. The van der Waals surface area contributed by atoms with E-state index in [-0.39, 0.29) is 5.97 Å². The van der Waals surface area contributed by atoms with Crippen molar-refractivity contribution in [1.82, 2.24) is 5.32 Å². The molecule has 0 aromatic heterocycles. The number of carbonyl (C=O) groups excluding carboxylic acids is 1. The van der Waals surface area contributed by atoms with E-state index in [2.05, 4.69) is 12.2 Å². The van der Waals surface area contributed by atoms with Crippen molar-refractivity contribution < 1.29 is 9.53 Å². The van der Waals surface area contributed by atoms with E-state index in [4.69, 9.17) is 16.3 Å². The Labute approximate surface area is 135 Å². The van der Waals surface area contributed by atoms with E-state index < -0.39 is 5.54 Å². The number of methoxy groups -OCH3 is 1. The molecule has 1 fully saturated rings. The van der Waals surface area contributed by atoms with E-state index >= 15 is 0 Å². The largest absolute Gasteiger partial charge is 0.468 e. The highest BCUT2D eigenvalue weighted by molar-refractivity contribution is 8.00. The Morgan fingerprint density at radius 2 is 2.19 bits per heavy atom. The summed E-state index contributed by atoms with van der Waals surface area (Å²) in [6, 6.07) is 7.87. The van der Waals surface area contributed by atoms with Crippen LogP contribution in [0.2, 0.25) is 5.02 Å². The lowest BCUT2D eigenvalue weighted by Crippen LogP contribution is -2.51. The molecule has 1 saturated carbocycles. The van der Waals surface area contributed by atoms with Crippen LogP contribution in [0.5, 0.6) is 0 Å². The van der Waals surface area contributed by atoms with Gasteiger partial charge in [0.15, 0.2) is 0 Å². The van der Waals surface area contributed by atoms with Gasteiger partial charge in [-0.2, -0.15) is 0 Å². The van der Waals surface area contributed by atoms with Gasteiger partial charge in [-0.3, -0.25) is 4.79 Å². The number of carbonyl (C=O) groups is 1. The SMILES string of the molecule is CCCNC1(C(=O)OC)CCC(Sc2ccc(Cl)cc2)C1. The molecule has 1 aromatic rings. The molecular formula is C16H22ClNO2S. The van der Waals surface area contributed by atoms with Gasteiger partial charge in [-0.1, -0.05) is 18.5 Å². The number of esters is 1. The van der Waals surface area contributed by atoms with Crippen molar-refractivity contribution in [1.29, 1.82) is 0 Å². The fourth-order valence-electron chi connectivity index (χ4n) is 2.78. The molecule has 2 atom stereocenters. The van der Waals surface area contributed by atoms with Crippen LogP contribution in [0.3, 0.4) is 0 Å². The lowest BCUT2D eigenvalue weighted by atomic mass is 9.97. The van der Waals surface area contributed by atoms with Crippen molar-refractivity contribution in [3.63, 3.8) is 0 Å². The molecule has 2 unspecified atom stereocenters. The zero-order valence-electron chi connectivity index (χ0n) is 12.5. The second-order valence-electron chi connectivity index (χ2n) is 5.44. The number of hydrogen-bond acceptors (Lipinski definition) is 4. The summed E-state index contributed by atoms with van der Waals surface area (Å²) >= 11 is 7.73. The molecule has 116 valence electrons. The standard InChI is InChI=1S/C16H22ClNO2S/c1-3-10-18-16(15(19)20-2)9-8-14(11-16)21-13-6-4-12(17)5-7-13/h4-7,14,18H,3,8-11H2,1-2H3. The number of thioether (sulfide) groups is 1. The Bertz CT molecular complexity index is 480. The van der Waals surface area contributed by atoms with E-state index in [1.165, 1.54) is 12.0 Å². The van der Waals surface area contributed by atoms with Crippen LogP contribution in [0, 0.1) is 0 Å². The van der Waals surface area contributed by atoms with Crippen molar-refractivity contribution in [3.8, 4) is 0 Å². The van der Waals surface area contributed by atoms with Crippen LogP contribution >= 0.6 is 23.4 Å². The lowest BCUT2D eigenvalue weighted by Gasteiger charge is -2.27. The Balaban J connectivity index is 2.01. The lowest BCUT2D eigenvalue weighted by molar-refractivity contribution is -0.148. The van der Waals surface area contributed by atoms with Crippen molar-refractivity contribution in [2.75, 3.05) is 13.7 Å². The minimum Gasteiger partial charge on any atom is -0.468 e. The maximum atomic E-state index is 12.2. The summed E-state index contributed by atoms with van der Waals surface area (Å²) in [6.07, 6.45) is 3.67.